The Hall–Kier alpha value is -2.68. The standard InChI is InChI=1S/C20H27NO5/c1-15(13-14-16-11-9-8-10-12-16)21(17(22)24-19(2,3)4)26-18(23)25-20(5,6)7/h8-12,15H,1-7H3. The number of benzene rings is 1. The number of hydrogen-bond donors (Lipinski definition) is 0. The van der Waals surface area contributed by atoms with E-state index in [2.05, 4.69) is 11.8 Å². The second kappa shape index (κ2) is 8.61. The summed E-state index contributed by atoms with van der Waals surface area (Å²) in [6.07, 6.45) is -1.82. The highest BCUT2D eigenvalue weighted by atomic mass is 16.8. The first-order valence-electron chi connectivity index (χ1n) is 8.37. The number of rotatable bonds is 1. The molecule has 6 nitrogen and oxygen atoms in total. The summed E-state index contributed by atoms with van der Waals surface area (Å²) in [6.45, 7) is 11.9. The molecule has 1 amide bonds. The Morgan fingerprint density at radius 2 is 1.50 bits per heavy atom. The number of amides is 1. The molecule has 6 heteroatoms. The Balaban J connectivity index is 2.97. The maximum atomic E-state index is 12.4. The molecule has 1 unspecified atom stereocenters. The summed E-state index contributed by atoms with van der Waals surface area (Å²) in [4.78, 5) is 29.5. The average molecular weight is 361 g/mol. The largest absolute Gasteiger partial charge is 0.534 e. The van der Waals surface area contributed by atoms with E-state index in [0.717, 1.165) is 10.6 Å². The highest BCUT2D eigenvalue weighted by molar-refractivity contribution is 5.71. The second-order valence-corrected chi connectivity index (χ2v) is 7.67. The lowest BCUT2D eigenvalue weighted by Crippen LogP contribution is -2.43. The molecule has 0 heterocycles. The normalized spacial score (nSPS) is 12.3. The number of carbonyl (C=O) groups is 2. The van der Waals surface area contributed by atoms with Crippen molar-refractivity contribution in [3.05, 3.63) is 35.9 Å². The fourth-order valence-electron chi connectivity index (χ4n) is 1.70. The maximum absolute atomic E-state index is 12.4. The van der Waals surface area contributed by atoms with Gasteiger partial charge in [-0.05, 0) is 60.6 Å². The first kappa shape index (κ1) is 21.4. The molecular formula is C20H27NO5. The van der Waals surface area contributed by atoms with E-state index >= 15 is 0 Å². The van der Waals surface area contributed by atoms with Gasteiger partial charge in [0, 0.05) is 5.56 Å². The smallest absolute Gasteiger partial charge is 0.442 e. The molecule has 0 aliphatic rings. The number of hydroxylamine groups is 2. The van der Waals surface area contributed by atoms with Crippen LogP contribution in [-0.4, -0.2) is 34.6 Å². The number of nitrogens with zero attached hydrogens (tertiary/aromatic N) is 1. The Morgan fingerprint density at radius 1 is 0.962 bits per heavy atom. The summed E-state index contributed by atoms with van der Waals surface area (Å²) in [6, 6.07) is 8.54. The minimum Gasteiger partial charge on any atom is -0.442 e. The van der Waals surface area contributed by atoms with Gasteiger partial charge in [-0.1, -0.05) is 30.0 Å². The van der Waals surface area contributed by atoms with E-state index in [4.69, 9.17) is 14.3 Å². The van der Waals surface area contributed by atoms with Crippen LogP contribution in [0.3, 0.4) is 0 Å². The van der Waals surface area contributed by atoms with E-state index in [0.29, 0.717) is 0 Å². The van der Waals surface area contributed by atoms with Crippen molar-refractivity contribution in [3.63, 3.8) is 0 Å². The Morgan fingerprint density at radius 3 is 2.00 bits per heavy atom. The summed E-state index contributed by atoms with van der Waals surface area (Å²) in [5.74, 6) is 5.81. The van der Waals surface area contributed by atoms with Gasteiger partial charge >= 0.3 is 12.2 Å². The van der Waals surface area contributed by atoms with Crippen molar-refractivity contribution in [2.45, 2.75) is 65.7 Å². The summed E-state index contributed by atoms with van der Waals surface area (Å²) >= 11 is 0. The van der Waals surface area contributed by atoms with E-state index in [1.54, 1.807) is 48.5 Å². The zero-order valence-electron chi connectivity index (χ0n) is 16.5. The third-order valence-corrected chi connectivity index (χ3v) is 2.69. The summed E-state index contributed by atoms with van der Waals surface area (Å²) < 4.78 is 10.4. The minimum absolute atomic E-state index is 0.738. The molecule has 0 spiro atoms. The van der Waals surface area contributed by atoms with Crippen LogP contribution in [0.2, 0.25) is 0 Å². The fourth-order valence-corrected chi connectivity index (χ4v) is 1.70. The van der Waals surface area contributed by atoms with Gasteiger partial charge in [-0.2, -0.15) is 0 Å². The second-order valence-electron chi connectivity index (χ2n) is 7.67. The van der Waals surface area contributed by atoms with E-state index in [-0.39, 0.29) is 0 Å². The highest BCUT2D eigenvalue weighted by Gasteiger charge is 2.31. The van der Waals surface area contributed by atoms with Crippen LogP contribution in [0.1, 0.15) is 54.0 Å². The van der Waals surface area contributed by atoms with Crippen molar-refractivity contribution >= 4 is 12.2 Å². The average Bonchev–Trinajstić information content (AvgIpc) is 2.47. The first-order chi connectivity index (χ1) is 11.9. The fraction of sp³-hybridized carbons (Fsp3) is 0.500. The summed E-state index contributed by atoms with van der Waals surface area (Å²) in [7, 11) is 0. The van der Waals surface area contributed by atoms with E-state index in [1.807, 2.05) is 30.3 Å². The van der Waals surface area contributed by atoms with E-state index < -0.39 is 29.5 Å². The molecule has 0 radical (unpaired) electrons. The lowest BCUT2D eigenvalue weighted by atomic mass is 10.2. The predicted octanol–water partition coefficient (Wildman–Crippen LogP) is 4.53. The van der Waals surface area contributed by atoms with Crippen molar-refractivity contribution < 1.29 is 23.9 Å². The van der Waals surface area contributed by atoms with Crippen LogP contribution in [0.15, 0.2) is 30.3 Å². The van der Waals surface area contributed by atoms with Crippen molar-refractivity contribution in [1.82, 2.24) is 5.06 Å². The van der Waals surface area contributed by atoms with Gasteiger partial charge in [0.05, 0.1) is 0 Å². The molecule has 0 bridgehead atoms. The zero-order valence-corrected chi connectivity index (χ0v) is 16.5. The van der Waals surface area contributed by atoms with E-state index in [9.17, 15) is 9.59 Å². The summed E-state index contributed by atoms with van der Waals surface area (Å²) in [5, 5.41) is 0.787. The zero-order chi connectivity index (χ0) is 20.0. The van der Waals surface area contributed by atoms with Gasteiger partial charge in [0.25, 0.3) is 0 Å². The maximum Gasteiger partial charge on any atom is 0.534 e. The lowest BCUT2D eigenvalue weighted by Gasteiger charge is -2.28. The van der Waals surface area contributed by atoms with Gasteiger partial charge in [-0.25, -0.2) is 9.59 Å². The first-order valence-corrected chi connectivity index (χ1v) is 8.37. The molecule has 0 aliphatic heterocycles. The van der Waals surface area contributed by atoms with Crippen molar-refractivity contribution in [3.8, 4) is 11.8 Å². The van der Waals surface area contributed by atoms with Gasteiger partial charge in [0.2, 0.25) is 0 Å². The molecule has 1 aromatic carbocycles. The molecule has 0 saturated heterocycles. The molecule has 1 atom stereocenters. The van der Waals surface area contributed by atoms with E-state index in [1.165, 1.54) is 0 Å². The highest BCUT2D eigenvalue weighted by Crippen LogP contribution is 2.15. The summed E-state index contributed by atoms with van der Waals surface area (Å²) in [5.41, 5.74) is -0.727. The van der Waals surface area contributed by atoms with Crippen LogP contribution in [-0.2, 0) is 14.3 Å². The van der Waals surface area contributed by atoms with Crippen LogP contribution in [0.5, 0.6) is 0 Å². The van der Waals surface area contributed by atoms with Gasteiger partial charge in [0.15, 0.2) is 0 Å². The van der Waals surface area contributed by atoms with Gasteiger partial charge in [-0.3, -0.25) is 4.84 Å². The van der Waals surface area contributed by atoms with Crippen LogP contribution >= 0.6 is 0 Å². The third-order valence-electron chi connectivity index (χ3n) is 2.69. The molecule has 0 aromatic heterocycles. The van der Waals surface area contributed by atoms with Crippen LogP contribution < -0.4 is 0 Å². The molecule has 26 heavy (non-hydrogen) atoms. The SMILES string of the molecule is CC(C#Cc1ccccc1)N(OC(=O)OC(C)(C)C)C(=O)OC(C)(C)C. The molecular weight excluding hydrogens is 334 g/mol. The molecule has 142 valence electrons. The number of ether oxygens (including phenoxy) is 2. The monoisotopic (exact) mass is 361 g/mol. The molecule has 0 N–H and O–H groups in total. The topological polar surface area (TPSA) is 65.1 Å². The van der Waals surface area contributed by atoms with Crippen LogP contribution in [0.25, 0.3) is 0 Å². The van der Waals surface area contributed by atoms with Crippen molar-refractivity contribution in [1.29, 1.82) is 0 Å². The van der Waals surface area contributed by atoms with Crippen LogP contribution in [0.4, 0.5) is 9.59 Å². The van der Waals surface area contributed by atoms with Gasteiger partial charge < -0.3 is 9.47 Å². The van der Waals surface area contributed by atoms with Gasteiger partial charge in [-0.15, -0.1) is 5.06 Å². The van der Waals surface area contributed by atoms with Crippen LogP contribution in [0, 0.1) is 11.8 Å². The quantitative estimate of drug-likeness (QED) is 0.418. The molecule has 0 aliphatic carbocycles. The Labute approximate surface area is 155 Å². The third kappa shape index (κ3) is 8.43. The minimum atomic E-state index is -1.00. The van der Waals surface area contributed by atoms with Crippen molar-refractivity contribution in [2.75, 3.05) is 0 Å². The lowest BCUT2D eigenvalue weighted by molar-refractivity contribution is -0.144. The molecule has 0 saturated carbocycles. The van der Waals surface area contributed by atoms with Gasteiger partial charge in [0.1, 0.15) is 17.2 Å². The number of hydrogen-bond acceptors (Lipinski definition) is 5. The Kier molecular flexibility index (Phi) is 7.08. The predicted molar refractivity (Wildman–Crippen MR) is 98.2 cm³/mol. The number of carbonyl (C=O) groups excluding carboxylic acids is 2. The molecule has 1 rings (SSSR count). The van der Waals surface area contributed by atoms with Crippen molar-refractivity contribution in [2.24, 2.45) is 0 Å². The molecule has 1 aromatic rings. The molecule has 0 fully saturated rings. The Bertz CT molecular complexity index is 674.